The second-order valence-electron chi connectivity index (χ2n) is 6.44. The van der Waals surface area contributed by atoms with Gasteiger partial charge in [0.15, 0.2) is 0 Å². The van der Waals surface area contributed by atoms with Crippen molar-refractivity contribution in [1.82, 2.24) is 5.32 Å². The number of nitrogens with zero attached hydrogens (tertiary/aromatic N) is 1. The minimum Gasteiger partial charge on any atom is -0.381 e. The number of hydrogen-bond acceptors (Lipinski definition) is 4. The maximum Gasteiger partial charge on any atom is 0.240 e. The molecule has 5 heteroatoms. The summed E-state index contributed by atoms with van der Waals surface area (Å²) in [6.07, 6.45) is 1.81. The highest BCUT2D eigenvalue weighted by Gasteiger charge is 2.41. The van der Waals surface area contributed by atoms with Gasteiger partial charge in [0.05, 0.1) is 6.07 Å². The molecule has 1 aliphatic rings. The van der Waals surface area contributed by atoms with Crippen molar-refractivity contribution in [2.24, 2.45) is 5.41 Å². The molecule has 0 radical (unpaired) electrons. The van der Waals surface area contributed by atoms with Gasteiger partial charge >= 0.3 is 0 Å². The molecule has 4 nitrogen and oxygen atoms in total. The fourth-order valence-electron chi connectivity index (χ4n) is 2.70. The molecule has 1 fully saturated rings. The van der Waals surface area contributed by atoms with E-state index in [1.165, 1.54) is 16.0 Å². The quantitative estimate of drug-likeness (QED) is 0.799. The normalized spacial score (nSPS) is 17.8. The zero-order valence-electron chi connectivity index (χ0n) is 14.7. The molecular formula is C19H26N2O2S. The van der Waals surface area contributed by atoms with Gasteiger partial charge in [-0.3, -0.25) is 4.79 Å². The Kier molecular flexibility index (Phi) is 6.70. The van der Waals surface area contributed by atoms with E-state index in [-0.39, 0.29) is 11.9 Å². The Hall–Kier alpha value is -1.51. The number of aryl methyl sites for hydroxylation is 2. The first kappa shape index (κ1) is 18.8. The van der Waals surface area contributed by atoms with E-state index in [1.807, 2.05) is 0 Å². The van der Waals surface area contributed by atoms with E-state index < -0.39 is 5.41 Å². The van der Waals surface area contributed by atoms with Crippen LogP contribution in [0.2, 0.25) is 0 Å². The lowest BCUT2D eigenvalue weighted by atomic mass is 9.80. The molecule has 1 N–H and O–H groups in total. The third kappa shape index (κ3) is 4.52. The van der Waals surface area contributed by atoms with Gasteiger partial charge in [-0.15, -0.1) is 11.8 Å². The first-order valence-electron chi connectivity index (χ1n) is 8.51. The molecule has 130 valence electrons. The van der Waals surface area contributed by atoms with Gasteiger partial charge in [-0.1, -0.05) is 13.0 Å². The van der Waals surface area contributed by atoms with Gasteiger partial charge in [-0.05, 0) is 56.4 Å². The second kappa shape index (κ2) is 8.55. The summed E-state index contributed by atoms with van der Waals surface area (Å²) in [6, 6.07) is 8.74. The number of carbonyl (C=O) groups is 1. The van der Waals surface area contributed by atoms with E-state index in [4.69, 9.17) is 4.74 Å². The van der Waals surface area contributed by atoms with Crippen LogP contribution in [0.5, 0.6) is 0 Å². The molecule has 1 amide bonds. The van der Waals surface area contributed by atoms with Gasteiger partial charge in [0, 0.05) is 29.9 Å². The molecular weight excluding hydrogens is 320 g/mol. The van der Waals surface area contributed by atoms with Crippen molar-refractivity contribution in [3.05, 3.63) is 29.3 Å². The Morgan fingerprint density at radius 1 is 1.38 bits per heavy atom. The van der Waals surface area contributed by atoms with E-state index >= 15 is 0 Å². The predicted molar refractivity (Wildman–Crippen MR) is 97.0 cm³/mol. The van der Waals surface area contributed by atoms with Crippen LogP contribution in [0.1, 0.15) is 37.3 Å². The molecule has 1 saturated heterocycles. The summed E-state index contributed by atoms with van der Waals surface area (Å²) in [4.78, 5) is 13.8. The fraction of sp³-hybridized carbons (Fsp3) is 0.579. The van der Waals surface area contributed by atoms with Crippen molar-refractivity contribution in [3.63, 3.8) is 0 Å². The summed E-state index contributed by atoms with van der Waals surface area (Å²) < 4.78 is 5.30. The smallest absolute Gasteiger partial charge is 0.240 e. The summed E-state index contributed by atoms with van der Waals surface area (Å²) >= 11 is 1.75. The van der Waals surface area contributed by atoms with Crippen molar-refractivity contribution in [3.8, 4) is 6.07 Å². The maximum atomic E-state index is 12.6. The van der Waals surface area contributed by atoms with Crippen molar-refractivity contribution >= 4 is 17.7 Å². The molecule has 1 aromatic rings. The minimum absolute atomic E-state index is 0.0668. The topological polar surface area (TPSA) is 62.1 Å². The van der Waals surface area contributed by atoms with E-state index in [2.05, 4.69) is 50.4 Å². The third-order valence-corrected chi connectivity index (χ3v) is 5.91. The van der Waals surface area contributed by atoms with Gasteiger partial charge in [-0.2, -0.15) is 5.26 Å². The van der Waals surface area contributed by atoms with Gasteiger partial charge < -0.3 is 10.1 Å². The summed E-state index contributed by atoms with van der Waals surface area (Å²) in [6.45, 7) is 7.24. The molecule has 1 aromatic carbocycles. The minimum atomic E-state index is -0.920. The molecule has 1 heterocycles. The summed E-state index contributed by atoms with van der Waals surface area (Å²) in [5, 5.41) is 12.6. The van der Waals surface area contributed by atoms with Crippen LogP contribution in [0.4, 0.5) is 0 Å². The molecule has 0 unspecified atom stereocenters. The van der Waals surface area contributed by atoms with Crippen LogP contribution >= 0.6 is 11.8 Å². The number of ether oxygens (including phenoxy) is 1. The number of thioether (sulfide) groups is 1. The number of nitriles is 1. The molecule has 0 saturated carbocycles. The van der Waals surface area contributed by atoms with Crippen molar-refractivity contribution < 1.29 is 9.53 Å². The Morgan fingerprint density at radius 3 is 2.67 bits per heavy atom. The van der Waals surface area contributed by atoms with E-state index in [9.17, 15) is 10.1 Å². The third-order valence-electron chi connectivity index (χ3n) is 4.75. The number of benzene rings is 1. The molecule has 1 aliphatic heterocycles. The fourth-order valence-corrected chi connectivity index (χ4v) is 3.83. The summed E-state index contributed by atoms with van der Waals surface area (Å²) in [5.74, 6) is 0.670. The second-order valence-corrected chi connectivity index (χ2v) is 7.54. The van der Waals surface area contributed by atoms with Crippen LogP contribution in [0.3, 0.4) is 0 Å². The molecule has 2 rings (SSSR count). The summed E-state index contributed by atoms with van der Waals surface area (Å²) in [5.41, 5.74) is 1.65. The van der Waals surface area contributed by atoms with Gasteiger partial charge in [0.2, 0.25) is 5.91 Å². The van der Waals surface area contributed by atoms with Crippen molar-refractivity contribution in [2.75, 3.05) is 19.0 Å². The lowest BCUT2D eigenvalue weighted by molar-refractivity contribution is -0.133. The lowest BCUT2D eigenvalue weighted by Crippen LogP contribution is -2.48. The number of rotatable bonds is 6. The first-order chi connectivity index (χ1) is 11.5. The maximum absolute atomic E-state index is 12.6. The van der Waals surface area contributed by atoms with E-state index in [1.54, 1.807) is 11.8 Å². The Balaban J connectivity index is 1.94. The molecule has 0 spiro atoms. The Morgan fingerprint density at radius 2 is 2.08 bits per heavy atom. The Bertz CT molecular complexity index is 618. The first-order valence-corrected chi connectivity index (χ1v) is 9.49. The molecule has 0 aliphatic carbocycles. The van der Waals surface area contributed by atoms with E-state index in [0.717, 1.165) is 12.2 Å². The monoisotopic (exact) mass is 346 g/mol. The summed E-state index contributed by atoms with van der Waals surface area (Å²) in [7, 11) is 0. The highest BCUT2D eigenvalue weighted by Crippen LogP contribution is 2.30. The SMILES string of the molecule is CC[C@H](CSc1ccc(C)c(C)c1)NC(=O)C1(C#N)CCOCC1. The standard InChI is InChI=1S/C19H26N2O2S/c1-4-16(12-24-17-6-5-14(2)15(3)11-17)21-18(22)19(13-20)7-9-23-10-8-19/h5-6,11,16H,4,7-10,12H2,1-3H3,(H,21,22)/t16-/m1/s1. The van der Waals surface area contributed by atoms with Crippen molar-refractivity contribution in [1.29, 1.82) is 5.26 Å². The average molecular weight is 346 g/mol. The number of amides is 1. The van der Waals surface area contributed by atoms with Crippen LogP contribution in [-0.4, -0.2) is 30.9 Å². The predicted octanol–water partition coefficient (Wildman–Crippen LogP) is 3.61. The Labute approximate surface area is 149 Å². The van der Waals surface area contributed by atoms with Crippen molar-refractivity contribution in [2.45, 2.75) is 51.0 Å². The largest absolute Gasteiger partial charge is 0.381 e. The zero-order valence-corrected chi connectivity index (χ0v) is 15.5. The highest BCUT2D eigenvalue weighted by molar-refractivity contribution is 7.99. The van der Waals surface area contributed by atoms with Crippen LogP contribution < -0.4 is 5.32 Å². The molecule has 1 atom stereocenters. The number of hydrogen-bond donors (Lipinski definition) is 1. The van der Waals surface area contributed by atoms with Crippen LogP contribution in [-0.2, 0) is 9.53 Å². The number of nitrogens with one attached hydrogen (secondary N) is 1. The molecule has 0 bridgehead atoms. The highest BCUT2D eigenvalue weighted by atomic mass is 32.2. The van der Waals surface area contributed by atoms with Crippen LogP contribution in [0.25, 0.3) is 0 Å². The molecule has 24 heavy (non-hydrogen) atoms. The van der Waals surface area contributed by atoms with Gasteiger partial charge in [0.25, 0.3) is 0 Å². The van der Waals surface area contributed by atoms with E-state index in [0.29, 0.717) is 26.1 Å². The van der Waals surface area contributed by atoms with Gasteiger partial charge in [-0.25, -0.2) is 0 Å². The average Bonchev–Trinajstić information content (AvgIpc) is 2.61. The van der Waals surface area contributed by atoms with Gasteiger partial charge in [0.1, 0.15) is 5.41 Å². The zero-order chi connectivity index (χ0) is 17.6. The lowest BCUT2D eigenvalue weighted by Gasteiger charge is -2.31. The molecule has 0 aromatic heterocycles. The van der Waals surface area contributed by atoms with Crippen LogP contribution in [0, 0.1) is 30.6 Å². The number of carbonyl (C=O) groups excluding carboxylic acids is 1. The van der Waals surface area contributed by atoms with Crippen LogP contribution in [0.15, 0.2) is 23.1 Å².